The van der Waals surface area contributed by atoms with Crippen molar-refractivity contribution in [2.24, 2.45) is 0 Å². The standard InChI is InChI=1S/C33H29F3N4O3S/c1-17-15-43-29-21(17)12-25(38-28(29)22-16-44-30-20(22)4-3-5-24(30)34)23(32(35)6-7-32)13-37-31(41)18-10-19-14-40(33(36)8-9-33)39-27(19)26(11-18)42-2/h3-5,10-12,14,16-17,23H,6-9,13,15H2,1-2H3,(H,37,41). The van der Waals surface area contributed by atoms with E-state index in [9.17, 15) is 13.6 Å². The first-order chi connectivity index (χ1) is 21.2. The van der Waals surface area contributed by atoms with E-state index in [1.807, 2.05) is 24.4 Å². The van der Waals surface area contributed by atoms with Crippen LogP contribution in [0.2, 0.25) is 0 Å². The van der Waals surface area contributed by atoms with E-state index in [2.05, 4.69) is 10.4 Å². The van der Waals surface area contributed by atoms with Crippen LogP contribution in [0, 0.1) is 5.82 Å². The van der Waals surface area contributed by atoms with E-state index in [0.717, 1.165) is 16.5 Å². The number of fused-ring (bicyclic) bond motifs is 3. The Hall–Kier alpha value is -4.12. The number of nitrogens with zero attached hydrogens (tertiary/aromatic N) is 3. The second kappa shape index (κ2) is 9.69. The fraction of sp³-hybridized carbons (Fsp3) is 0.364. The van der Waals surface area contributed by atoms with Gasteiger partial charge in [0.2, 0.25) is 5.79 Å². The maximum atomic E-state index is 16.0. The van der Waals surface area contributed by atoms with Crippen molar-refractivity contribution < 1.29 is 27.4 Å². The van der Waals surface area contributed by atoms with E-state index in [0.29, 0.717) is 76.3 Å². The maximum absolute atomic E-state index is 16.0. The van der Waals surface area contributed by atoms with Crippen LogP contribution in [0.1, 0.15) is 66.1 Å². The summed E-state index contributed by atoms with van der Waals surface area (Å²) in [7, 11) is 1.47. The summed E-state index contributed by atoms with van der Waals surface area (Å²) < 4.78 is 58.7. The zero-order valence-corrected chi connectivity index (χ0v) is 24.9. The molecule has 3 aliphatic rings. The predicted molar refractivity (Wildman–Crippen MR) is 162 cm³/mol. The third kappa shape index (κ3) is 4.35. The van der Waals surface area contributed by atoms with Crippen LogP contribution >= 0.6 is 11.3 Å². The maximum Gasteiger partial charge on any atom is 0.251 e. The first-order valence-electron chi connectivity index (χ1n) is 14.7. The van der Waals surface area contributed by atoms with Crippen LogP contribution in [0.5, 0.6) is 11.5 Å². The van der Waals surface area contributed by atoms with E-state index in [-0.39, 0.29) is 18.3 Å². The molecule has 1 N–H and O–H groups in total. The van der Waals surface area contributed by atoms with Crippen LogP contribution in [0.3, 0.4) is 0 Å². The number of carbonyl (C=O) groups is 1. The molecule has 1 aliphatic heterocycles. The van der Waals surface area contributed by atoms with Crippen LogP contribution in [0.4, 0.5) is 13.2 Å². The van der Waals surface area contributed by atoms with Gasteiger partial charge < -0.3 is 14.8 Å². The molecule has 2 atom stereocenters. The molecule has 4 heterocycles. The number of pyridine rings is 1. The SMILES string of the molecule is COc1cc(C(=O)NCC(c2cc3c(c(-c4csc5c(F)cccc45)n2)OCC3C)C2(F)CC2)cc2cn(C3(F)CC3)nc12. The monoisotopic (exact) mass is 618 g/mol. The highest BCUT2D eigenvalue weighted by Crippen LogP contribution is 2.53. The molecule has 3 aromatic heterocycles. The summed E-state index contributed by atoms with van der Waals surface area (Å²) in [5, 5.41) is 10.5. The molecule has 7 nitrogen and oxygen atoms in total. The van der Waals surface area contributed by atoms with Crippen molar-refractivity contribution in [3.8, 4) is 22.8 Å². The quantitative estimate of drug-likeness (QED) is 0.196. The van der Waals surface area contributed by atoms with Crippen LogP contribution in [0.15, 0.2) is 48.0 Å². The third-order valence-corrected chi connectivity index (χ3v) is 10.1. The molecule has 5 aromatic rings. The summed E-state index contributed by atoms with van der Waals surface area (Å²) in [4.78, 5) is 18.4. The van der Waals surface area contributed by atoms with Crippen LogP contribution in [-0.4, -0.2) is 46.6 Å². The van der Waals surface area contributed by atoms with Gasteiger partial charge in [0.05, 0.1) is 24.3 Å². The molecule has 0 bridgehead atoms. The lowest BCUT2D eigenvalue weighted by Gasteiger charge is -2.23. The van der Waals surface area contributed by atoms with Crippen molar-refractivity contribution in [2.75, 3.05) is 20.3 Å². The number of carbonyl (C=O) groups excluding carboxylic acids is 1. The first-order valence-corrected chi connectivity index (χ1v) is 15.6. The molecule has 0 saturated heterocycles. The van der Waals surface area contributed by atoms with Gasteiger partial charge >= 0.3 is 0 Å². The van der Waals surface area contributed by atoms with Gasteiger partial charge in [-0.05, 0) is 37.1 Å². The predicted octanol–water partition coefficient (Wildman–Crippen LogP) is 7.39. The molecule has 8 rings (SSSR count). The van der Waals surface area contributed by atoms with Gasteiger partial charge in [0.25, 0.3) is 5.91 Å². The van der Waals surface area contributed by atoms with Crippen molar-refractivity contribution in [1.29, 1.82) is 0 Å². The highest BCUT2D eigenvalue weighted by Gasteiger charge is 2.52. The molecule has 2 aromatic carbocycles. The van der Waals surface area contributed by atoms with Gasteiger partial charge in [0.1, 0.15) is 34.2 Å². The van der Waals surface area contributed by atoms with Gasteiger partial charge in [-0.3, -0.25) is 4.79 Å². The minimum atomic E-state index is -1.51. The smallest absolute Gasteiger partial charge is 0.251 e. The zero-order chi connectivity index (χ0) is 30.4. The Bertz CT molecular complexity index is 1980. The van der Waals surface area contributed by atoms with Crippen LogP contribution < -0.4 is 14.8 Å². The number of alkyl halides is 2. The second-order valence-electron chi connectivity index (χ2n) is 12.2. The fourth-order valence-electron chi connectivity index (χ4n) is 6.20. The summed E-state index contributed by atoms with van der Waals surface area (Å²) in [6.07, 6.45) is 3.11. The largest absolute Gasteiger partial charge is 0.494 e. The molecule has 2 saturated carbocycles. The van der Waals surface area contributed by atoms with Gasteiger partial charge in [-0.1, -0.05) is 19.1 Å². The lowest BCUT2D eigenvalue weighted by molar-refractivity contribution is 0.0944. The highest BCUT2D eigenvalue weighted by atomic mass is 32.1. The molecule has 11 heteroatoms. The number of aromatic nitrogens is 3. The zero-order valence-electron chi connectivity index (χ0n) is 24.1. The van der Waals surface area contributed by atoms with Crippen molar-refractivity contribution >= 4 is 38.2 Å². The Morgan fingerprint density at radius 3 is 2.80 bits per heavy atom. The summed E-state index contributed by atoms with van der Waals surface area (Å²) >= 11 is 1.30. The molecule has 1 amide bonds. The number of rotatable bonds is 8. The number of hydrogen-bond acceptors (Lipinski definition) is 6. The van der Waals surface area contributed by atoms with Crippen LogP contribution in [0.25, 0.3) is 32.2 Å². The van der Waals surface area contributed by atoms with Crippen molar-refractivity contribution in [1.82, 2.24) is 20.1 Å². The molecule has 0 spiro atoms. The van der Waals surface area contributed by atoms with Gasteiger partial charge in [-0.15, -0.1) is 11.3 Å². The fourth-order valence-corrected chi connectivity index (χ4v) is 7.16. The van der Waals surface area contributed by atoms with Crippen LogP contribution in [-0.2, 0) is 5.79 Å². The van der Waals surface area contributed by atoms with E-state index in [4.69, 9.17) is 14.5 Å². The van der Waals surface area contributed by atoms with E-state index in [1.165, 1.54) is 29.2 Å². The molecule has 44 heavy (non-hydrogen) atoms. The summed E-state index contributed by atoms with van der Waals surface area (Å²) in [6.45, 7) is 2.53. The Morgan fingerprint density at radius 2 is 2.05 bits per heavy atom. The molecular weight excluding hydrogens is 589 g/mol. The molecule has 2 unspecified atom stereocenters. The number of hydrogen-bond donors (Lipinski definition) is 1. The highest BCUT2D eigenvalue weighted by molar-refractivity contribution is 7.17. The average Bonchev–Trinajstić information content (AvgIpc) is 3.74. The van der Waals surface area contributed by atoms with Gasteiger partial charge in [0.15, 0.2) is 0 Å². The minimum Gasteiger partial charge on any atom is -0.494 e. The molecule has 226 valence electrons. The summed E-state index contributed by atoms with van der Waals surface area (Å²) in [5.74, 6) is -1.86. The second-order valence-corrected chi connectivity index (χ2v) is 13.1. The van der Waals surface area contributed by atoms with E-state index >= 15 is 4.39 Å². The van der Waals surface area contributed by atoms with Gasteiger partial charge in [-0.25, -0.2) is 22.8 Å². The topological polar surface area (TPSA) is 78.3 Å². The Kier molecular flexibility index (Phi) is 6.04. The molecule has 0 radical (unpaired) electrons. The van der Waals surface area contributed by atoms with Crippen molar-refractivity contribution in [3.05, 3.63) is 70.6 Å². The number of amides is 1. The normalized spacial score (nSPS) is 19.9. The van der Waals surface area contributed by atoms with E-state index in [1.54, 1.807) is 24.4 Å². The third-order valence-electron chi connectivity index (χ3n) is 9.14. The lowest BCUT2D eigenvalue weighted by atomic mass is 9.92. The number of methoxy groups -OCH3 is 1. The average molecular weight is 619 g/mol. The van der Waals surface area contributed by atoms with Gasteiger partial charge in [-0.2, -0.15) is 5.10 Å². The molecule has 2 aliphatic carbocycles. The number of thiophene rings is 1. The molecule has 2 fully saturated rings. The molecular formula is C33H29F3N4O3S. The van der Waals surface area contributed by atoms with Gasteiger partial charge in [0, 0.05) is 70.0 Å². The summed E-state index contributed by atoms with van der Waals surface area (Å²) in [5.41, 5.74) is 2.02. The number of halogens is 3. The van der Waals surface area contributed by atoms with Crippen molar-refractivity contribution in [3.63, 3.8) is 0 Å². The van der Waals surface area contributed by atoms with E-state index < -0.39 is 23.3 Å². The first kappa shape index (κ1) is 27.4. The Balaban J connectivity index is 1.14. The number of ether oxygens (including phenoxy) is 2. The minimum absolute atomic E-state index is 0.0159. The summed E-state index contributed by atoms with van der Waals surface area (Å²) in [6, 6.07) is 10.1. The number of nitrogens with one attached hydrogen (secondary N) is 1. The van der Waals surface area contributed by atoms with Crippen molar-refractivity contribution in [2.45, 2.75) is 55.9 Å². The lowest BCUT2D eigenvalue weighted by Crippen LogP contribution is -2.33. The Labute approximate surface area is 255 Å². The Morgan fingerprint density at radius 1 is 1.23 bits per heavy atom. The number of benzene rings is 2.